The molecular formula is C16H13F3N2O2. The molecule has 2 amide bonds. The van der Waals surface area contributed by atoms with E-state index in [0.717, 1.165) is 12.1 Å². The van der Waals surface area contributed by atoms with Crippen LogP contribution in [0.5, 0.6) is 0 Å². The summed E-state index contributed by atoms with van der Waals surface area (Å²) < 4.78 is 38.8. The highest BCUT2D eigenvalue weighted by Gasteiger charge is 2.32. The predicted octanol–water partition coefficient (Wildman–Crippen LogP) is 3.32. The zero-order chi connectivity index (χ0) is 17.0. The Bertz CT molecular complexity index is 728. The average Bonchev–Trinajstić information content (AvgIpc) is 2.53. The van der Waals surface area contributed by atoms with Crippen LogP contribution in [0, 0.1) is 0 Å². The molecule has 7 heteroatoms. The number of amides is 2. The van der Waals surface area contributed by atoms with Gasteiger partial charge in [-0.2, -0.15) is 13.2 Å². The van der Waals surface area contributed by atoms with Gasteiger partial charge in [0.25, 0.3) is 11.8 Å². The van der Waals surface area contributed by atoms with E-state index in [2.05, 4.69) is 10.6 Å². The SMILES string of the molecule is CNC(=O)c1cc(NC(=O)c2ccccc2)cc(C(F)(F)F)c1. The summed E-state index contributed by atoms with van der Waals surface area (Å²) in [6.45, 7) is 0. The van der Waals surface area contributed by atoms with Gasteiger partial charge in [0.2, 0.25) is 0 Å². The van der Waals surface area contributed by atoms with Crippen LogP contribution in [0.1, 0.15) is 26.3 Å². The topological polar surface area (TPSA) is 58.2 Å². The van der Waals surface area contributed by atoms with Crippen molar-refractivity contribution in [1.29, 1.82) is 0 Å². The molecule has 0 heterocycles. The van der Waals surface area contributed by atoms with Gasteiger partial charge in [-0.1, -0.05) is 18.2 Å². The summed E-state index contributed by atoms with van der Waals surface area (Å²) in [5, 5.41) is 4.62. The molecule has 0 unspecified atom stereocenters. The van der Waals surface area contributed by atoms with E-state index in [1.54, 1.807) is 18.2 Å². The van der Waals surface area contributed by atoms with Gasteiger partial charge in [0.15, 0.2) is 0 Å². The molecule has 4 nitrogen and oxygen atoms in total. The summed E-state index contributed by atoms with van der Waals surface area (Å²) in [6.07, 6.45) is -4.63. The zero-order valence-corrected chi connectivity index (χ0v) is 12.1. The number of hydrogen-bond acceptors (Lipinski definition) is 2. The smallest absolute Gasteiger partial charge is 0.355 e. The zero-order valence-electron chi connectivity index (χ0n) is 12.1. The van der Waals surface area contributed by atoms with Crippen LogP contribution in [0.2, 0.25) is 0 Å². The Morgan fingerprint density at radius 2 is 1.57 bits per heavy atom. The molecule has 120 valence electrons. The molecule has 0 spiro atoms. The third kappa shape index (κ3) is 4.09. The van der Waals surface area contributed by atoms with E-state index in [1.807, 2.05) is 0 Å². The summed E-state index contributed by atoms with van der Waals surface area (Å²) in [4.78, 5) is 23.6. The van der Waals surface area contributed by atoms with Gasteiger partial charge in [0.1, 0.15) is 0 Å². The van der Waals surface area contributed by atoms with Crippen molar-refractivity contribution in [2.45, 2.75) is 6.18 Å². The van der Waals surface area contributed by atoms with E-state index in [1.165, 1.54) is 25.2 Å². The maximum absolute atomic E-state index is 12.9. The first-order chi connectivity index (χ1) is 10.8. The maximum Gasteiger partial charge on any atom is 0.416 e. The van der Waals surface area contributed by atoms with E-state index in [-0.39, 0.29) is 11.3 Å². The van der Waals surface area contributed by atoms with Crippen LogP contribution >= 0.6 is 0 Å². The summed E-state index contributed by atoms with van der Waals surface area (Å²) in [6, 6.07) is 10.8. The monoisotopic (exact) mass is 322 g/mol. The lowest BCUT2D eigenvalue weighted by molar-refractivity contribution is -0.137. The highest BCUT2D eigenvalue weighted by Crippen LogP contribution is 2.32. The fourth-order valence-electron chi connectivity index (χ4n) is 1.93. The van der Waals surface area contributed by atoms with Crippen LogP contribution in [-0.2, 0) is 6.18 Å². The van der Waals surface area contributed by atoms with Crippen molar-refractivity contribution < 1.29 is 22.8 Å². The van der Waals surface area contributed by atoms with E-state index in [0.29, 0.717) is 5.56 Å². The Morgan fingerprint density at radius 1 is 0.913 bits per heavy atom. The molecule has 0 fully saturated rings. The second-order valence-electron chi connectivity index (χ2n) is 4.70. The lowest BCUT2D eigenvalue weighted by Gasteiger charge is -2.12. The normalized spacial score (nSPS) is 11.0. The molecule has 2 N–H and O–H groups in total. The highest BCUT2D eigenvalue weighted by atomic mass is 19.4. The van der Waals surface area contributed by atoms with Gasteiger partial charge >= 0.3 is 6.18 Å². The number of rotatable bonds is 3. The minimum atomic E-state index is -4.63. The van der Waals surface area contributed by atoms with Crippen molar-refractivity contribution in [3.63, 3.8) is 0 Å². The Kier molecular flexibility index (Phi) is 4.68. The van der Waals surface area contributed by atoms with Crippen LogP contribution < -0.4 is 10.6 Å². The molecule has 0 atom stereocenters. The van der Waals surface area contributed by atoms with Gasteiger partial charge in [0, 0.05) is 23.9 Å². The van der Waals surface area contributed by atoms with Crippen LogP contribution in [0.15, 0.2) is 48.5 Å². The standard InChI is InChI=1S/C16H13F3N2O2/c1-20-14(22)11-7-12(16(17,18)19)9-13(8-11)21-15(23)10-5-3-2-4-6-10/h2-9H,1H3,(H,20,22)(H,21,23). The minimum absolute atomic E-state index is 0.104. The van der Waals surface area contributed by atoms with Crippen LogP contribution in [0.3, 0.4) is 0 Å². The van der Waals surface area contributed by atoms with E-state index >= 15 is 0 Å². The molecule has 0 bridgehead atoms. The minimum Gasteiger partial charge on any atom is -0.355 e. The second-order valence-corrected chi connectivity index (χ2v) is 4.70. The first-order valence-electron chi connectivity index (χ1n) is 6.62. The molecule has 23 heavy (non-hydrogen) atoms. The van der Waals surface area contributed by atoms with E-state index in [4.69, 9.17) is 0 Å². The number of halogens is 3. The molecule has 0 aliphatic rings. The van der Waals surface area contributed by atoms with Gasteiger partial charge in [-0.05, 0) is 30.3 Å². The van der Waals surface area contributed by atoms with Crippen molar-refractivity contribution >= 4 is 17.5 Å². The first-order valence-corrected chi connectivity index (χ1v) is 6.62. The van der Waals surface area contributed by atoms with Gasteiger partial charge < -0.3 is 10.6 Å². The van der Waals surface area contributed by atoms with Crippen LogP contribution in [0.25, 0.3) is 0 Å². The van der Waals surface area contributed by atoms with E-state index in [9.17, 15) is 22.8 Å². The second kappa shape index (κ2) is 6.51. The Balaban J connectivity index is 2.37. The molecule has 0 aliphatic carbocycles. The van der Waals surface area contributed by atoms with Gasteiger partial charge in [0.05, 0.1) is 5.56 Å². The average molecular weight is 322 g/mol. The molecule has 0 radical (unpaired) electrons. The number of anilines is 1. The Labute approximate surface area is 130 Å². The number of nitrogens with one attached hydrogen (secondary N) is 2. The van der Waals surface area contributed by atoms with E-state index < -0.39 is 23.6 Å². The lowest BCUT2D eigenvalue weighted by atomic mass is 10.1. The maximum atomic E-state index is 12.9. The Morgan fingerprint density at radius 3 is 2.13 bits per heavy atom. The quantitative estimate of drug-likeness (QED) is 0.911. The van der Waals surface area contributed by atoms with Crippen molar-refractivity contribution in [2.24, 2.45) is 0 Å². The summed E-state index contributed by atoms with van der Waals surface area (Å²) in [7, 11) is 1.31. The van der Waals surface area contributed by atoms with Crippen molar-refractivity contribution in [3.8, 4) is 0 Å². The highest BCUT2D eigenvalue weighted by molar-refractivity contribution is 6.05. The summed E-state index contributed by atoms with van der Waals surface area (Å²) >= 11 is 0. The molecule has 0 saturated heterocycles. The molecule has 0 aliphatic heterocycles. The molecule has 0 aromatic heterocycles. The molecule has 0 saturated carbocycles. The third-order valence-electron chi connectivity index (χ3n) is 3.04. The van der Waals surface area contributed by atoms with Gasteiger partial charge in [-0.3, -0.25) is 9.59 Å². The number of benzene rings is 2. The fraction of sp³-hybridized carbons (Fsp3) is 0.125. The Hall–Kier alpha value is -2.83. The number of hydrogen-bond donors (Lipinski definition) is 2. The predicted molar refractivity (Wildman–Crippen MR) is 79.2 cm³/mol. The molecule has 2 aromatic carbocycles. The third-order valence-corrected chi connectivity index (χ3v) is 3.04. The van der Waals surface area contributed by atoms with Gasteiger partial charge in [-0.15, -0.1) is 0 Å². The molecular weight excluding hydrogens is 309 g/mol. The lowest BCUT2D eigenvalue weighted by Crippen LogP contribution is -2.20. The fourth-order valence-corrected chi connectivity index (χ4v) is 1.93. The summed E-state index contributed by atoms with van der Waals surface area (Å²) in [5.41, 5.74) is -1.01. The van der Waals surface area contributed by atoms with Gasteiger partial charge in [-0.25, -0.2) is 0 Å². The molecule has 2 rings (SSSR count). The van der Waals surface area contributed by atoms with Crippen LogP contribution in [0.4, 0.5) is 18.9 Å². The van der Waals surface area contributed by atoms with Crippen LogP contribution in [-0.4, -0.2) is 18.9 Å². The number of alkyl halides is 3. The molecule has 2 aromatic rings. The van der Waals surface area contributed by atoms with Crippen molar-refractivity contribution in [2.75, 3.05) is 12.4 Å². The van der Waals surface area contributed by atoms with Crippen molar-refractivity contribution in [1.82, 2.24) is 5.32 Å². The first kappa shape index (κ1) is 16.5. The van der Waals surface area contributed by atoms with Crippen molar-refractivity contribution in [3.05, 3.63) is 65.2 Å². The number of carbonyl (C=O) groups is 2. The largest absolute Gasteiger partial charge is 0.416 e. The summed E-state index contributed by atoms with van der Waals surface area (Å²) in [5.74, 6) is -1.24. The number of carbonyl (C=O) groups excluding carboxylic acids is 2.